The van der Waals surface area contributed by atoms with Crippen LogP contribution in [0.3, 0.4) is 0 Å². The van der Waals surface area contributed by atoms with Gasteiger partial charge in [0.05, 0.1) is 11.5 Å². The molecule has 0 saturated heterocycles. The van der Waals surface area contributed by atoms with E-state index in [0.29, 0.717) is 19.4 Å². The number of amides is 1. The number of carbonyl (C=O) groups is 2. The normalized spacial score (nSPS) is 21.5. The lowest BCUT2D eigenvalue weighted by atomic mass is 9.66. The second kappa shape index (κ2) is 5.30. The van der Waals surface area contributed by atoms with Gasteiger partial charge in [-0.1, -0.05) is 18.6 Å². The van der Waals surface area contributed by atoms with E-state index < -0.39 is 11.4 Å². The molecule has 5 nitrogen and oxygen atoms in total. The van der Waals surface area contributed by atoms with Crippen molar-refractivity contribution in [1.29, 1.82) is 0 Å². The largest absolute Gasteiger partial charge is 0.490 e. The van der Waals surface area contributed by atoms with Crippen molar-refractivity contribution < 1.29 is 19.4 Å². The number of hydrogen-bond acceptors (Lipinski definition) is 3. The van der Waals surface area contributed by atoms with Crippen LogP contribution in [0.2, 0.25) is 0 Å². The maximum Gasteiger partial charge on any atom is 0.310 e. The summed E-state index contributed by atoms with van der Waals surface area (Å²) in [6, 6.07) is 3.81. The fourth-order valence-electron chi connectivity index (χ4n) is 3.28. The molecule has 1 fully saturated rings. The molecule has 1 unspecified atom stereocenters. The van der Waals surface area contributed by atoms with Crippen molar-refractivity contribution in [3.63, 3.8) is 0 Å². The van der Waals surface area contributed by atoms with Gasteiger partial charge in [-0.05, 0) is 37.8 Å². The first-order valence-electron chi connectivity index (χ1n) is 7.69. The molecule has 2 aliphatic rings. The third kappa shape index (κ3) is 2.34. The number of rotatable bonds is 4. The molecule has 1 aliphatic carbocycles. The molecule has 0 spiro atoms. The average Bonchev–Trinajstić information content (AvgIpc) is 2.81. The number of carboxylic acid groups (broad SMARTS) is 1. The van der Waals surface area contributed by atoms with E-state index in [9.17, 15) is 14.7 Å². The van der Waals surface area contributed by atoms with Gasteiger partial charge in [0.25, 0.3) is 0 Å². The first-order chi connectivity index (χ1) is 10.4. The maximum atomic E-state index is 12.2. The molecule has 1 aliphatic heterocycles. The quantitative estimate of drug-likeness (QED) is 0.896. The zero-order chi connectivity index (χ0) is 15.9. The summed E-state index contributed by atoms with van der Waals surface area (Å²) in [5.74, 6) is -0.216. The highest BCUT2D eigenvalue weighted by molar-refractivity contribution is 5.86. The summed E-state index contributed by atoms with van der Waals surface area (Å²) in [6.45, 7) is 4.44. The molecule has 2 N–H and O–H groups in total. The molecule has 1 aromatic carbocycles. The number of carboxylic acids is 1. The van der Waals surface area contributed by atoms with Gasteiger partial charge in [0.2, 0.25) is 5.91 Å². The van der Waals surface area contributed by atoms with Gasteiger partial charge in [-0.25, -0.2) is 0 Å². The highest BCUT2D eigenvalue weighted by Gasteiger charge is 2.46. The lowest BCUT2D eigenvalue weighted by Crippen LogP contribution is -2.43. The lowest BCUT2D eigenvalue weighted by Gasteiger charge is -2.37. The number of benzene rings is 1. The fourth-order valence-corrected chi connectivity index (χ4v) is 3.28. The van der Waals surface area contributed by atoms with E-state index in [2.05, 4.69) is 5.32 Å². The number of aryl methyl sites for hydroxylation is 1. The minimum absolute atomic E-state index is 0.0546. The van der Waals surface area contributed by atoms with E-state index in [-0.39, 0.29) is 18.4 Å². The minimum atomic E-state index is -0.858. The molecule has 118 valence electrons. The van der Waals surface area contributed by atoms with Gasteiger partial charge in [-0.15, -0.1) is 0 Å². The number of ether oxygens (including phenoxy) is 1. The smallest absolute Gasteiger partial charge is 0.310 e. The summed E-state index contributed by atoms with van der Waals surface area (Å²) >= 11 is 0. The predicted octanol–water partition coefficient (Wildman–Crippen LogP) is 2.50. The number of fused-ring (bicyclic) bond motifs is 1. The van der Waals surface area contributed by atoms with Crippen LogP contribution in [0.15, 0.2) is 12.1 Å². The maximum absolute atomic E-state index is 12.2. The Kier molecular flexibility index (Phi) is 3.59. The topological polar surface area (TPSA) is 75.6 Å². The summed E-state index contributed by atoms with van der Waals surface area (Å²) in [4.78, 5) is 23.6. The van der Waals surface area contributed by atoms with E-state index in [1.165, 1.54) is 0 Å². The zero-order valence-corrected chi connectivity index (χ0v) is 12.9. The molecule has 0 aromatic heterocycles. The van der Waals surface area contributed by atoms with Crippen LogP contribution in [-0.4, -0.2) is 23.6 Å². The van der Waals surface area contributed by atoms with Crippen molar-refractivity contribution in [1.82, 2.24) is 5.32 Å². The SMILES string of the molecule is Cc1ccc2c(c1C)OCC2NC(=O)CC1(C(=O)O)CCC1. The van der Waals surface area contributed by atoms with Crippen molar-refractivity contribution in [2.45, 2.75) is 45.6 Å². The molecule has 1 aromatic rings. The van der Waals surface area contributed by atoms with Gasteiger partial charge in [0.15, 0.2) is 0 Å². The van der Waals surface area contributed by atoms with E-state index in [4.69, 9.17) is 4.74 Å². The zero-order valence-electron chi connectivity index (χ0n) is 12.9. The van der Waals surface area contributed by atoms with Crippen LogP contribution >= 0.6 is 0 Å². The Labute approximate surface area is 129 Å². The molecule has 22 heavy (non-hydrogen) atoms. The molecule has 1 heterocycles. The average molecular weight is 303 g/mol. The van der Waals surface area contributed by atoms with Crippen LogP contribution in [-0.2, 0) is 9.59 Å². The fraction of sp³-hybridized carbons (Fsp3) is 0.529. The Hall–Kier alpha value is -2.04. The molecule has 3 rings (SSSR count). The summed E-state index contributed by atoms with van der Waals surface area (Å²) in [5.41, 5.74) is 2.38. The van der Waals surface area contributed by atoms with Crippen LogP contribution in [0.5, 0.6) is 5.75 Å². The summed E-state index contributed by atoms with van der Waals surface area (Å²) in [7, 11) is 0. The van der Waals surface area contributed by atoms with E-state index in [0.717, 1.165) is 28.9 Å². The first-order valence-corrected chi connectivity index (χ1v) is 7.69. The van der Waals surface area contributed by atoms with Crippen LogP contribution in [0.1, 0.15) is 48.4 Å². The van der Waals surface area contributed by atoms with Gasteiger partial charge in [0, 0.05) is 12.0 Å². The van der Waals surface area contributed by atoms with Gasteiger partial charge in [0.1, 0.15) is 12.4 Å². The second-order valence-electron chi connectivity index (χ2n) is 6.47. The summed E-state index contributed by atoms with van der Waals surface area (Å²) < 4.78 is 5.71. The van der Waals surface area contributed by atoms with Gasteiger partial charge in [-0.2, -0.15) is 0 Å². The number of aliphatic carboxylic acids is 1. The number of carbonyl (C=O) groups excluding carboxylic acids is 1. The molecular weight excluding hydrogens is 282 g/mol. The van der Waals surface area contributed by atoms with Crippen molar-refractivity contribution in [3.05, 3.63) is 28.8 Å². The Bertz CT molecular complexity index is 634. The van der Waals surface area contributed by atoms with Crippen molar-refractivity contribution in [2.75, 3.05) is 6.61 Å². The van der Waals surface area contributed by atoms with Crippen molar-refractivity contribution >= 4 is 11.9 Å². The molecular formula is C17H21NO4. The minimum Gasteiger partial charge on any atom is -0.490 e. The number of hydrogen-bond donors (Lipinski definition) is 2. The van der Waals surface area contributed by atoms with Crippen LogP contribution in [0.25, 0.3) is 0 Å². The second-order valence-corrected chi connectivity index (χ2v) is 6.47. The van der Waals surface area contributed by atoms with Crippen LogP contribution in [0.4, 0.5) is 0 Å². The highest BCUT2D eigenvalue weighted by atomic mass is 16.5. The Morgan fingerprint density at radius 1 is 1.36 bits per heavy atom. The van der Waals surface area contributed by atoms with E-state index >= 15 is 0 Å². The highest BCUT2D eigenvalue weighted by Crippen LogP contribution is 2.44. The van der Waals surface area contributed by atoms with Gasteiger partial charge < -0.3 is 15.2 Å². The van der Waals surface area contributed by atoms with Crippen molar-refractivity contribution in [3.8, 4) is 5.75 Å². The molecule has 1 saturated carbocycles. The Morgan fingerprint density at radius 3 is 2.68 bits per heavy atom. The number of nitrogens with one attached hydrogen (secondary N) is 1. The predicted molar refractivity (Wildman–Crippen MR) is 80.8 cm³/mol. The molecule has 0 bridgehead atoms. The Balaban J connectivity index is 1.70. The summed E-state index contributed by atoms with van der Waals surface area (Å²) in [6.07, 6.45) is 2.12. The van der Waals surface area contributed by atoms with E-state index in [1.807, 2.05) is 26.0 Å². The van der Waals surface area contributed by atoms with Crippen molar-refractivity contribution in [2.24, 2.45) is 5.41 Å². The third-order valence-electron chi connectivity index (χ3n) is 5.08. The standard InChI is InChI=1S/C17H21NO4/c1-10-4-5-12-13(9-22-15(12)11(10)2)18-14(19)8-17(16(20)21)6-3-7-17/h4-5,13H,3,6-9H2,1-2H3,(H,18,19)(H,20,21). The van der Waals surface area contributed by atoms with Crippen LogP contribution in [0, 0.1) is 19.3 Å². The van der Waals surface area contributed by atoms with Crippen LogP contribution < -0.4 is 10.1 Å². The van der Waals surface area contributed by atoms with Gasteiger partial charge in [-0.3, -0.25) is 9.59 Å². The molecule has 1 atom stereocenters. The summed E-state index contributed by atoms with van der Waals surface area (Å²) in [5, 5.41) is 12.2. The Morgan fingerprint density at radius 2 is 2.09 bits per heavy atom. The lowest BCUT2D eigenvalue weighted by molar-refractivity contribution is -0.157. The molecule has 5 heteroatoms. The molecule has 0 radical (unpaired) electrons. The first kappa shape index (κ1) is 14.9. The molecule has 1 amide bonds. The van der Waals surface area contributed by atoms with Gasteiger partial charge >= 0.3 is 5.97 Å². The van der Waals surface area contributed by atoms with E-state index in [1.54, 1.807) is 0 Å². The third-order valence-corrected chi connectivity index (χ3v) is 5.08. The monoisotopic (exact) mass is 303 g/mol.